The number of ether oxygens (including phenoxy) is 1. The second-order valence-corrected chi connectivity index (χ2v) is 12.0. The number of hydrogen-bond donors (Lipinski definition) is 1. The van der Waals surface area contributed by atoms with Crippen molar-refractivity contribution in [1.29, 1.82) is 0 Å². The van der Waals surface area contributed by atoms with Crippen LogP contribution in [0.25, 0.3) is 11.3 Å². The lowest BCUT2D eigenvalue weighted by Crippen LogP contribution is -2.41. The summed E-state index contributed by atoms with van der Waals surface area (Å²) >= 11 is 0. The van der Waals surface area contributed by atoms with Crippen molar-refractivity contribution in [3.05, 3.63) is 71.3 Å². The van der Waals surface area contributed by atoms with Gasteiger partial charge in [-0.1, -0.05) is 35.9 Å². The fraction of sp³-hybridized carbons (Fsp3) is 0.438. The lowest BCUT2D eigenvalue weighted by molar-refractivity contribution is -0.142. The summed E-state index contributed by atoms with van der Waals surface area (Å²) in [6.07, 6.45) is 1.26. The highest BCUT2D eigenvalue weighted by Gasteiger charge is 2.51. The number of aromatic nitrogens is 1. The van der Waals surface area contributed by atoms with Gasteiger partial charge >= 0.3 is 13.1 Å². The van der Waals surface area contributed by atoms with E-state index in [0.717, 1.165) is 45.0 Å². The lowest BCUT2D eigenvalue weighted by atomic mass is 9.78. The number of carboxylic acids is 1. The molecule has 0 aliphatic carbocycles. The van der Waals surface area contributed by atoms with Gasteiger partial charge in [-0.3, -0.25) is 4.79 Å². The van der Waals surface area contributed by atoms with E-state index in [1.165, 1.54) is 0 Å². The monoisotopic (exact) mass is 542 g/mol. The summed E-state index contributed by atoms with van der Waals surface area (Å²) in [6, 6.07) is 18.4. The molecule has 5 rings (SSSR count). The van der Waals surface area contributed by atoms with Crippen LogP contribution in [-0.2, 0) is 20.7 Å². The molecule has 7 nitrogen and oxygen atoms in total. The van der Waals surface area contributed by atoms with Crippen molar-refractivity contribution < 1.29 is 23.9 Å². The fourth-order valence-electron chi connectivity index (χ4n) is 5.24. The molecule has 0 spiro atoms. The van der Waals surface area contributed by atoms with Crippen molar-refractivity contribution in [2.24, 2.45) is 5.92 Å². The van der Waals surface area contributed by atoms with E-state index in [1.54, 1.807) is 0 Å². The lowest BCUT2D eigenvalue weighted by Gasteiger charge is -2.32. The van der Waals surface area contributed by atoms with E-state index in [-0.39, 0.29) is 17.1 Å². The molecule has 3 heterocycles. The van der Waals surface area contributed by atoms with Crippen LogP contribution in [0.1, 0.15) is 57.2 Å². The van der Waals surface area contributed by atoms with E-state index in [4.69, 9.17) is 19.0 Å². The summed E-state index contributed by atoms with van der Waals surface area (Å²) in [5.74, 6) is 0.656. The van der Waals surface area contributed by atoms with Crippen LogP contribution in [0.15, 0.2) is 54.6 Å². The second-order valence-electron chi connectivity index (χ2n) is 12.0. The molecule has 210 valence electrons. The molecule has 2 aliphatic heterocycles. The molecule has 2 fully saturated rings. The van der Waals surface area contributed by atoms with E-state index >= 15 is 0 Å². The van der Waals surface area contributed by atoms with Crippen molar-refractivity contribution >= 4 is 24.4 Å². The van der Waals surface area contributed by atoms with Gasteiger partial charge in [0.15, 0.2) is 0 Å². The number of benzene rings is 2. The number of hydrogen-bond acceptors (Lipinski definition) is 6. The number of piperidine rings is 1. The number of nitrogens with zero attached hydrogens (tertiary/aromatic N) is 2. The first-order valence-electron chi connectivity index (χ1n) is 14.1. The largest absolute Gasteiger partial charge is 0.494 e. The van der Waals surface area contributed by atoms with Gasteiger partial charge in [-0.15, -0.1) is 0 Å². The van der Waals surface area contributed by atoms with E-state index in [2.05, 4.69) is 70.7 Å². The maximum atomic E-state index is 11.4. The van der Waals surface area contributed by atoms with Crippen molar-refractivity contribution in [2.45, 2.75) is 72.2 Å². The van der Waals surface area contributed by atoms with Crippen molar-refractivity contribution in [3.8, 4) is 17.0 Å². The molecule has 1 aromatic heterocycles. The summed E-state index contributed by atoms with van der Waals surface area (Å²) in [4.78, 5) is 18.5. The first kappa shape index (κ1) is 28.2. The fourth-order valence-corrected chi connectivity index (χ4v) is 5.24. The Kier molecular flexibility index (Phi) is 7.68. The smallest absolute Gasteiger partial charge is 0.488 e. The Morgan fingerprint density at radius 1 is 1.02 bits per heavy atom. The molecule has 0 saturated carbocycles. The number of pyridine rings is 1. The van der Waals surface area contributed by atoms with Gasteiger partial charge in [0, 0.05) is 18.7 Å². The van der Waals surface area contributed by atoms with Gasteiger partial charge in [-0.25, -0.2) is 4.98 Å². The Morgan fingerprint density at radius 3 is 2.38 bits per heavy atom. The average Bonchev–Trinajstić information content (AvgIpc) is 3.15. The number of carboxylic acid groups (broad SMARTS) is 1. The van der Waals surface area contributed by atoms with E-state index < -0.39 is 13.1 Å². The minimum atomic E-state index is -0.708. The number of aryl methyl sites for hydroxylation is 2. The Hall–Kier alpha value is -3.36. The molecule has 0 radical (unpaired) electrons. The van der Waals surface area contributed by atoms with Crippen LogP contribution in [0.5, 0.6) is 5.75 Å². The third-order valence-corrected chi connectivity index (χ3v) is 8.59. The zero-order valence-electron chi connectivity index (χ0n) is 24.4. The highest BCUT2D eigenvalue weighted by molar-refractivity contribution is 6.62. The number of aliphatic carboxylic acids is 1. The van der Waals surface area contributed by atoms with Gasteiger partial charge in [0.25, 0.3) is 0 Å². The van der Waals surface area contributed by atoms with E-state index in [9.17, 15) is 9.90 Å². The maximum Gasteiger partial charge on any atom is 0.494 e. The zero-order valence-corrected chi connectivity index (χ0v) is 24.4. The third kappa shape index (κ3) is 5.74. The number of anilines is 1. The molecule has 0 amide bonds. The van der Waals surface area contributed by atoms with Crippen LogP contribution in [0.4, 0.5) is 5.82 Å². The summed E-state index contributed by atoms with van der Waals surface area (Å²) < 4.78 is 18.8. The molecular formula is C32H39BN2O5. The Labute approximate surface area is 237 Å². The molecule has 1 N–H and O–H groups in total. The number of carbonyl (C=O) groups is 1. The van der Waals surface area contributed by atoms with Gasteiger partial charge in [-0.2, -0.15) is 0 Å². The van der Waals surface area contributed by atoms with Crippen LogP contribution in [0.2, 0.25) is 0 Å². The molecule has 2 aromatic carbocycles. The molecular weight excluding hydrogens is 503 g/mol. The molecule has 0 atom stereocenters. The minimum absolute atomic E-state index is 0.273. The predicted octanol–water partition coefficient (Wildman–Crippen LogP) is 5.54. The van der Waals surface area contributed by atoms with Crippen molar-refractivity contribution in [2.75, 3.05) is 18.0 Å². The zero-order chi connectivity index (χ0) is 28.7. The van der Waals surface area contributed by atoms with Crippen molar-refractivity contribution in [1.82, 2.24) is 4.98 Å². The molecule has 0 unspecified atom stereocenters. The van der Waals surface area contributed by atoms with Crippen LogP contribution < -0.4 is 15.1 Å². The van der Waals surface area contributed by atoms with Crippen LogP contribution in [-0.4, -0.2) is 47.5 Å². The van der Waals surface area contributed by atoms with Gasteiger partial charge < -0.3 is 24.1 Å². The van der Waals surface area contributed by atoms with Crippen LogP contribution >= 0.6 is 0 Å². The highest BCUT2D eigenvalue weighted by Crippen LogP contribution is 2.37. The van der Waals surface area contributed by atoms with E-state index in [0.29, 0.717) is 32.5 Å². The molecule has 0 bridgehead atoms. The molecule has 40 heavy (non-hydrogen) atoms. The average molecular weight is 542 g/mol. The topological polar surface area (TPSA) is 81.1 Å². The summed E-state index contributed by atoms with van der Waals surface area (Å²) in [5.41, 5.74) is 5.35. The summed E-state index contributed by atoms with van der Waals surface area (Å²) in [6.45, 7) is 14.2. The minimum Gasteiger partial charge on any atom is -0.488 e. The quantitative estimate of drug-likeness (QED) is 0.393. The summed E-state index contributed by atoms with van der Waals surface area (Å²) in [7, 11) is -0.393. The maximum absolute atomic E-state index is 11.4. The Balaban J connectivity index is 1.32. The van der Waals surface area contributed by atoms with E-state index in [1.807, 2.05) is 30.3 Å². The van der Waals surface area contributed by atoms with Gasteiger partial charge in [0.2, 0.25) is 0 Å². The molecule has 3 aromatic rings. The normalized spacial score (nSPS) is 18.6. The van der Waals surface area contributed by atoms with Crippen molar-refractivity contribution in [3.63, 3.8) is 0 Å². The predicted molar refractivity (Wildman–Crippen MR) is 158 cm³/mol. The first-order valence-corrected chi connectivity index (χ1v) is 14.1. The Bertz CT molecular complexity index is 1380. The third-order valence-electron chi connectivity index (χ3n) is 8.59. The standard InChI is InChI=1S/C32H39BN2O5/c1-21-10-13-28(26(18-21)27-8-7-9-29(34-27)35-16-14-23(15-17-35)30(36)37)38-20-24-11-12-25(19-22(24)2)33-39-31(3,4)32(5,6)40-33/h7-13,18-19,23H,14-17,20H2,1-6H3,(H,36,37). The SMILES string of the molecule is Cc1ccc(OCc2ccc(B3OC(C)(C)C(C)(C)O3)cc2C)c(-c2cccc(N3CCC(C(=O)O)CC3)n2)c1. The second kappa shape index (κ2) is 10.9. The van der Waals surface area contributed by atoms with Crippen LogP contribution in [0.3, 0.4) is 0 Å². The first-order chi connectivity index (χ1) is 18.9. The highest BCUT2D eigenvalue weighted by atomic mass is 16.7. The van der Waals surface area contributed by atoms with Gasteiger partial charge in [0.1, 0.15) is 18.2 Å². The molecule has 2 saturated heterocycles. The summed E-state index contributed by atoms with van der Waals surface area (Å²) in [5, 5.41) is 9.34. The molecule has 2 aliphatic rings. The van der Waals surface area contributed by atoms with Gasteiger partial charge in [-0.05, 0) is 95.2 Å². The van der Waals surface area contributed by atoms with Crippen LogP contribution in [0, 0.1) is 19.8 Å². The Morgan fingerprint density at radius 2 is 1.73 bits per heavy atom. The number of rotatable bonds is 7. The molecule has 8 heteroatoms. The van der Waals surface area contributed by atoms with Gasteiger partial charge in [0.05, 0.1) is 22.8 Å².